The molecule has 22 heavy (non-hydrogen) atoms. The number of nitriles is 3. The van der Waals surface area contributed by atoms with Crippen LogP contribution >= 0.6 is 0 Å². The van der Waals surface area contributed by atoms with E-state index in [1.54, 1.807) is 19.1 Å². The molecular weight excluding hydrogens is 286 g/mol. The summed E-state index contributed by atoms with van der Waals surface area (Å²) in [7, 11) is 0. The van der Waals surface area contributed by atoms with Crippen molar-refractivity contribution in [2.45, 2.75) is 47.5 Å². The SMILES string of the molecule is CC(C)(C#N)C(=O)CC#N.CCC(=O)OC(=O)C(C)(C)C#N. The quantitative estimate of drug-likeness (QED) is 0.573. The molecule has 7 heteroatoms. The number of Topliss-reactive ketones (excluding diaryl/α,β-unsaturated/α-hetero) is 1. The minimum atomic E-state index is -1.25. The third-order valence-corrected chi connectivity index (χ3v) is 2.50. The lowest BCUT2D eigenvalue weighted by Gasteiger charge is -2.11. The van der Waals surface area contributed by atoms with Gasteiger partial charge in [-0.15, -0.1) is 0 Å². The lowest BCUT2D eigenvalue weighted by atomic mass is 9.89. The third kappa shape index (κ3) is 7.77. The molecule has 118 valence electrons. The maximum atomic E-state index is 11.0. The van der Waals surface area contributed by atoms with Gasteiger partial charge in [0.15, 0.2) is 5.78 Å². The van der Waals surface area contributed by atoms with Crippen LogP contribution in [0.3, 0.4) is 0 Å². The second-order valence-electron chi connectivity index (χ2n) is 5.35. The molecule has 0 atom stereocenters. The van der Waals surface area contributed by atoms with Crippen LogP contribution in [0.4, 0.5) is 0 Å². The highest BCUT2D eigenvalue weighted by molar-refractivity contribution is 5.89. The van der Waals surface area contributed by atoms with Crippen LogP contribution in [0.1, 0.15) is 47.5 Å². The first-order valence-electron chi connectivity index (χ1n) is 6.46. The summed E-state index contributed by atoms with van der Waals surface area (Å²) in [6.07, 6.45) is -0.0478. The molecule has 0 unspecified atom stereocenters. The standard InChI is InChI=1S/C8H11NO3.C7H8N2O/c1-4-6(10)12-7(11)8(2,3)5-9;1-7(2,5-9)6(10)3-4-8/h4H2,1-3H3;3H2,1-2H3. The summed E-state index contributed by atoms with van der Waals surface area (Å²) in [5.74, 6) is -1.72. The van der Waals surface area contributed by atoms with E-state index in [0.717, 1.165) is 0 Å². The fourth-order valence-electron chi connectivity index (χ4n) is 0.704. The van der Waals surface area contributed by atoms with Crippen molar-refractivity contribution < 1.29 is 19.1 Å². The van der Waals surface area contributed by atoms with Gasteiger partial charge in [0.2, 0.25) is 0 Å². The molecule has 0 aliphatic carbocycles. The van der Waals surface area contributed by atoms with Crippen molar-refractivity contribution in [1.29, 1.82) is 15.8 Å². The molecule has 0 rings (SSSR count). The molecule has 0 aliphatic rings. The van der Waals surface area contributed by atoms with E-state index in [-0.39, 0.29) is 18.6 Å². The topological polar surface area (TPSA) is 132 Å². The first-order chi connectivity index (χ1) is 9.98. The Morgan fingerprint density at radius 1 is 0.955 bits per heavy atom. The van der Waals surface area contributed by atoms with Crippen molar-refractivity contribution in [2.75, 3.05) is 0 Å². The normalized spacial score (nSPS) is 9.91. The van der Waals surface area contributed by atoms with Crippen LogP contribution in [0, 0.1) is 44.8 Å². The molecule has 0 radical (unpaired) electrons. The second kappa shape index (κ2) is 9.26. The van der Waals surface area contributed by atoms with Gasteiger partial charge in [-0.05, 0) is 27.7 Å². The van der Waals surface area contributed by atoms with Crippen molar-refractivity contribution in [1.82, 2.24) is 0 Å². The fourth-order valence-corrected chi connectivity index (χ4v) is 0.704. The van der Waals surface area contributed by atoms with Crippen molar-refractivity contribution in [3.05, 3.63) is 0 Å². The summed E-state index contributed by atoms with van der Waals surface area (Å²) < 4.78 is 4.35. The largest absolute Gasteiger partial charge is 0.392 e. The Hall–Kier alpha value is -2.72. The predicted octanol–water partition coefficient (Wildman–Crippen LogP) is 2.03. The molecule has 0 saturated heterocycles. The maximum absolute atomic E-state index is 11.0. The minimum Gasteiger partial charge on any atom is -0.392 e. The molecule has 0 spiro atoms. The molecular formula is C15H19N3O4. The average molecular weight is 305 g/mol. The van der Waals surface area contributed by atoms with Crippen LogP contribution in [0.5, 0.6) is 0 Å². The van der Waals surface area contributed by atoms with E-state index in [1.165, 1.54) is 27.7 Å². The summed E-state index contributed by atoms with van der Waals surface area (Å²) in [6, 6.07) is 5.28. The van der Waals surface area contributed by atoms with Crippen molar-refractivity contribution >= 4 is 17.7 Å². The highest BCUT2D eigenvalue weighted by Gasteiger charge is 2.30. The van der Waals surface area contributed by atoms with Crippen molar-refractivity contribution in [3.63, 3.8) is 0 Å². The van der Waals surface area contributed by atoms with Crippen LogP contribution in [0.2, 0.25) is 0 Å². The lowest BCUT2D eigenvalue weighted by molar-refractivity contribution is -0.164. The maximum Gasteiger partial charge on any atom is 0.333 e. The molecule has 0 aromatic heterocycles. The molecule has 0 N–H and O–H groups in total. The number of ketones is 1. The average Bonchev–Trinajstić information content (AvgIpc) is 2.47. The fraction of sp³-hybridized carbons (Fsp3) is 0.600. The molecule has 0 aliphatic heterocycles. The minimum absolute atomic E-state index is 0.132. The number of hydrogen-bond acceptors (Lipinski definition) is 7. The van der Waals surface area contributed by atoms with Crippen LogP contribution in [0.15, 0.2) is 0 Å². The molecule has 0 aromatic carbocycles. The number of nitrogens with zero attached hydrogens (tertiary/aromatic N) is 3. The van der Waals surface area contributed by atoms with Gasteiger partial charge in [0.1, 0.15) is 10.8 Å². The van der Waals surface area contributed by atoms with E-state index in [1.807, 2.05) is 6.07 Å². The van der Waals surface area contributed by atoms with E-state index in [4.69, 9.17) is 15.8 Å². The van der Waals surface area contributed by atoms with Crippen LogP contribution < -0.4 is 0 Å². The number of carbonyl (C=O) groups excluding carboxylic acids is 3. The van der Waals surface area contributed by atoms with E-state index in [9.17, 15) is 14.4 Å². The van der Waals surface area contributed by atoms with Gasteiger partial charge in [-0.2, -0.15) is 15.8 Å². The van der Waals surface area contributed by atoms with Crippen LogP contribution in [-0.2, 0) is 19.1 Å². The molecule has 0 heterocycles. The molecule has 0 fully saturated rings. The third-order valence-electron chi connectivity index (χ3n) is 2.50. The highest BCUT2D eigenvalue weighted by Crippen LogP contribution is 2.16. The molecule has 0 bridgehead atoms. The molecule has 0 saturated carbocycles. The predicted molar refractivity (Wildman–Crippen MR) is 75.4 cm³/mol. The summed E-state index contributed by atoms with van der Waals surface area (Å²) in [5.41, 5.74) is -2.25. The first kappa shape index (κ1) is 21.6. The number of hydrogen-bond donors (Lipinski definition) is 0. The van der Waals surface area contributed by atoms with E-state index in [2.05, 4.69) is 4.74 Å². The van der Waals surface area contributed by atoms with Crippen LogP contribution in [-0.4, -0.2) is 17.7 Å². The van der Waals surface area contributed by atoms with Gasteiger partial charge in [-0.3, -0.25) is 9.59 Å². The van der Waals surface area contributed by atoms with Gasteiger partial charge >= 0.3 is 11.9 Å². The number of carbonyl (C=O) groups is 3. The van der Waals surface area contributed by atoms with E-state index in [0.29, 0.717) is 0 Å². The Kier molecular flexibility index (Phi) is 9.08. The zero-order chi connectivity index (χ0) is 18.0. The molecule has 0 amide bonds. The van der Waals surface area contributed by atoms with Crippen molar-refractivity contribution in [3.8, 4) is 18.2 Å². The van der Waals surface area contributed by atoms with Gasteiger partial charge < -0.3 is 4.74 Å². The van der Waals surface area contributed by atoms with Gasteiger partial charge in [-0.25, -0.2) is 4.79 Å². The summed E-state index contributed by atoms with van der Waals surface area (Å²) in [5, 5.41) is 25.0. The monoisotopic (exact) mass is 305 g/mol. The zero-order valence-corrected chi connectivity index (χ0v) is 13.4. The zero-order valence-electron chi connectivity index (χ0n) is 13.4. The Labute approximate surface area is 130 Å². The Balaban J connectivity index is 0. The number of esters is 2. The molecule has 7 nitrogen and oxygen atoms in total. The van der Waals surface area contributed by atoms with Gasteiger partial charge in [0.05, 0.1) is 24.6 Å². The van der Waals surface area contributed by atoms with E-state index >= 15 is 0 Å². The van der Waals surface area contributed by atoms with Crippen LogP contribution in [0.25, 0.3) is 0 Å². The first-order valence-corrected chi connectivity index (χ1v) is 6.46. The summed E-state index contributed by atoms with van der Waals surface area (Å²) >= 11 is 0. The Bertz CT molecular complexity index is 557. The number of rotatable bonds is 4. The highest BCUT2D eigenvalue weighted by atomic mass is 16.6. The van der Waals surface area contributed by atoms with E-state index < -0.39 is 22.8 Å². The van der Waals surface area contributed by atoms with Crippen molar-refractivity contribution in [2.24, 2.45) is 10.8 Å². The number of ether oxygens (including phenoxy) is 1. The van der Waals surface area contributed by atoms with Gasteiger partial charge in [0.25, 0.3) is 0 Å². The summed E-state index contributed by atoms with van der Waals surface area (Å²) in [6.45, 7) is 7.39. The second-order valence-corrected chi connectivity index (χ2v) is 5.35. The molecule has 0 aromatic rings. The van der Waals surface area contributed by atoms with Gasteiger partial charge in [0, 0.05) is 6.42 Å². The van der Waals surface area contributed by atoms with Gasteiger partial charge in [-0.1, -0.05) is 6.92 Å². The summed E-state index contributed by atoms with van der Waals surface area (Å²) in [4.78, 5) is 32.5. The Morgan fingerprint density at radius 3 is 1.73 bits per heavy atom. The lowest BCUT2D eigenvalue weighted by Crippen LogP contribution is -2.26. The Morgan fingerprint density at radius 2 is 1.41 bits per heavy atom. The smallest absolute Gasteiger partial charge is 0.333 e.